The summed E-state index contributed by atoms with van der Waals surface area (Å²) in [5, 5.41) is 3.38. The van der Waals surface area contributed by atoms with Crippen LogP contribution in [0.2, 0.25) is 0 Å². The summed E-state index contributed by atoms with van der Waals surface area (Å²) in [7, 11) is 0. The molecule has 0 aliphatic rings. The molecule has 0 fully saturated rings. The molecule has 0 spiro atoms. The van der Waals surface area contributed by atoms with Crippen LogP contribution in [0.5, 0.6) is 0 Å². The molecular weight excluding hydrogens is 242 g/mol. The number of pyridine rings is 1. The fourth-order valence-electron chi connectivity index (χ4n) is 2.13. The average Bonchev–Trinajstić information content (AvgIpc) is 2.28. The van der Waals surface area contributed by atoms with Gasteiger partial charge in [0.25, 0.3) is 0 Å². The van der Waals surface area contributed by atoms with E-state index in [9.17, 15) is 0 Å². The average molecular weight is 265 g/mol. The van der Waals surface area contributed by atoms with Crippen LogP contribution >= 0.6 is 12.2 Å². The molecule has 4 heteroatoms. The van der Waals surface area contributed by atoms with E-state index in [0.717, 1.165) is 12.4 Å². The number of thiocarbonyl (C=S) groups is 1. The van der Waals surface area contributed by atoms with Crippen LogP contribution in [-0.2, 0) is 0 Å². The molecule has 0 bridgehead atoms. The Kier molecular flexibility index (Phi) is 5.54. The van der Waals surface area contributed by atoms with Crippen molar-refractivity contribution in [1.29, 1.82) is 0 Å². The molecular formula is C14H23N3S. The third-order valence-corrected chi connectivity index (χ3v) is 3.44. The van der Waals surface area contributed by atoms with Crippen molar-refractivity contribution in [2.24, 2.45) is 23.5 Å². The minimum Gasteiger partial charge on any atom is -0.388 e. The molecule has 1 rings (SSSR count). The van der Waals surface area contributed by atoms with E-state index in [4.69, 9.17) is 18.0 Å². The minimum atomic E-state index is 0.336. The zero-order chi connectivity index (χ0) is 13.7. The molecule has 1 aromatic heterocycles. The standard InChI is InChI=1S/C14H23N3S/c1-9(2)11(10(3)4)8-16-13-7-5-6-12(17-13)14(15)18/h5-7,9-11H,8H2,1-4H3,(H2,15,18)(H,16,17). The van der Waals surface area contributed by atoms with E-state index in [-0.39, 0.29) is 0 Å². The number of aromatic nitrogens is 1. The van der Waals surface area contributed by atoms with Gasteiger partial charge in [-0.25, -0.2) is 4.98 Å². The quantitative estimate of drug-likeness (QED) is 0.776. The summed E-state index contributed by atoms with van der Waals surface area (Å²) < 4.78 is 0. The van der Waals surface area contributed by atoms with Gasteiger partial charge in [0.2, 0.25) is 0 Å². The maximum absolute atomic E-state index is 5.58. The van der Waals surface area contributed by atoms with Crippen LogP contribution in [0.1, 0.15) is 33.4 Å². The van der Waals surface area contributed by atoms with Crippen molar-refractivity contribution in [2.45, 2.75) is 27.7 Å². The molecule has 100 valence electrons. The highest BCUT2D eigenvalue weighted by atomic mass is 32.1. The first kappa shape index (κ1) is 14.9. The summed E-state index contributed by atoms with van der Waals surface area (Å²) in [5.74, 6) is 2.76. The molecule has 0 saturated heterocycles. The highest BCUT2D eigenvalue weighted by molar-refractivity contribution is 7.80. The lowest BCUT2D eigenvalue weighted by atomic mass is 9.85. The Morgan fingerprint density at radius 1 is 1.28 bits per heavy atom. The molecule has 0 unspecified atom stereocenters. The normalized spacial score (nSPS) is 11.3. The lowest BCUT2D eigenvalue weighted by molar-refractivity contribution is 0.304. The summed E-state index contributed by atoms with van der Waals surface area (Å²) in [6.45, 7) is 9.94. The molecule has 0 aromatic carbocycles. The van der Waals surface area contributed by atoms with Gasteiger partial charge in [0.1, 0.15) is 10.8 Å². The van der Waals surface area contributed by atoms with Crippen molar-refractivity contribution >= 4 is 23.0 Å². The van der Waals surface area contributed by atoms with Gasteiger partial charge in [0, 0.05) is 6.54 Å². The lowest BCUT2D eigenvalue weighted by Gasteiger charge is -2.25. The fourth-order valence-corrected chi connectivity index (χ4v) is 2.25. The molecule has 3 nitrogen and oxygen atoms in total. The Morgan fingerprint density at radius 3 is 2.39 bits per heavy atom. The first-order valence-electron chi connectivity index (χ1n) is 6.42. The van der Waals surface area contributed by atoms with Crippen LogP contribution in [0.25, 0.3) is 0 Å². The van der Waals surface area contributed by atoms with E-state index < -0.39 is 0 Å². The Morgan fingerprint density at radius 2 is 1.89 bits per heavy atom. The van der Waals surface area contributed by atoms with Crippen LogP contribution in [0.4, 0.5) is 5.82 Å². The number of anilines is 1. The second kappa shape index (κ2) is 6.69. The van der Waals surface area contributed by atoms with Crippen LogP contribution in [0, 0.1) is 17.8 Å². The summed E-state index contributed by atoms with van der Waals surface area (Å²) >= 11 is 4.93. The molecule has 1 aromatic rings. The highest BCUT2D eigenvalue weighted by Crippen LogP contribution is 2.20. The van der Waals surface area contributed by atoms with Gasteiger partial charge in [-0.1, -0.05) is 46.0 Å². The molecule has 0 radical (unpaired) electrons. The summed E-state index contributed by atoms with van der Waals surface area (Å²) in [4.78, 5) is 4.72. The summed E-state index contributed by atoms with van der Waals surface area (Å²) in [6, 6.07) is 5.69. The maximum Gasteiger partial charge on any atom is 0.126 e. The lowest BCUT2D eigenvalue weighted by Crippen LogP contribution is -2.25. The van der Waals surface area contributed by atoms with Gasteiger partial charge < -0.3 is 11.1 Å². The van der Waals surface area contributed by atoms with Gasteiger partial charge in [0.15, 0.2) is 0 Å². The summed E-state index contributed by atoms with van der Waals surface area (Å²) in [5.41, 5.74) is 6.24. The molecule has 0 saturated carbocycles. The molecule has 0 aliphatic carbocycles. The van der Waals surface area contributed by atoms with Crippen LogP contribution in [0.15, 0.2) is 18.2 Å². The van der Waals surface area contributed by atoms with E-state index in [0.29, 0.717) is 28.4 Å². The molecule has 18 heavy (non-hydrogen) atoms. The van der Waals surface area contributed by atoms with Crippen molar-refractivity contribution in [2.75, 3.05) is 11.9 Å². The monoisotopic (exact) mass is 265 g/mol. The smallest absolute Gasteiger partial charge is 0.126 e. The van der Waals surface area contributed by atoms with Gasteiger partial charge >= 0.3 is 0 Å². The number of hydrogen-bond acceptors (Lipinski definition) is 3. The van der Waals surface area contributed by atoms with E-state index >= 15 is 0 Å². The second-order valence-corrected chi connectivity index (χ2v) is 5.74. The fraction of sp³-hybridized carbons (Fsp3) is 0.571. The van der Waals surface area contributed by atoms with Crippen molar-refractivity contribution in [1.82, 2.24) is 4.98 Å². The zero-order valence-electron chi connectivity index (χ0n) is 11.6. The molecule has 0 amide bonds. The van der Waals surface area contributed by atoms with Crippen LogP contribution < -0.4 is 11.1 Å². The number of hydrogen-bond donors (Lipinski definition) is 2. The number of rotatable bonds is 6. The number of nitrogens with two attached hydrogens (primary N) is 1. The Balaban J connectivity index is 2.67. The first-order valence-corrected chi connectivity index (χ1v) is 6.83. The van der Waals surface area contributed by atoms with E-state index in [1.54, 1.807) is 0 Å². The molecule has 1 heterocycles. The number of nitrogens with one attached hydrogen (secondary N) is 1. The van der Waals surface area contributed by atoms with Gasteiger partial charge in [-0.2, -0.15) is 0 Å². The topological polar surface area (TPSA) is 50.9 Å². The third-order valence-electron chi connectivity index (χ3n) is 3.23. The molecule has 0 aliphatic heterocycles. The Bertz CT molecular complexity index is 394. The van der Waals surface area contributed by atoms with Gasteiger partial charge in [-0.3, -0.25) is 0 Å². The molecule has 0 atom stereocenters. The predicted octanol–water partition coefficient (Wildman–Crippen LogP) is 3.06. The van der Waals surface area contributed by atoms with Crippen molar-refractivity contribution in [3.8, 4) is 0 Å². The predicted molar refractivity (Wildman–Crippen MR) is 81.8 cm³/mol. The van der Waals surface area contributed by atoms with Crippen LogP contribution in [0.3, 0.4) is 0 Å². The highest BCUT2D eigenvalue weighted by Gasteiger charge is 2.17. The SMILES string of the molecule is CC(C)C(CNc1cccc(C(N)=S)n1)C(C)C. The molecule has 3 N–H and O–H groups in total. The van der Waals surface area contributed by atoms with Crippen molar-refractivity contribution < 1.29 is 0 Å². The maximum atomic E-state index is 5.58. The largest absolute Gasteiger partial charge is 0.388 e. The second-order valence-electron chi connectivity index (χ2n) is 5.31. The Labute approximate surface area is 115 Å². The van der Waals surface area contributed by atoms with E-state index in [1.807, 2.05) is 18.2 Å². The van der Waals surface area contributed by atoms with Crippen LogP contribution in [-0.4, -0.2) is 16.5 Å². The van der Waals surface area contributed by atoms with E-state index in [2.05, 4.69) is 38.0 Å². The zero-order valence-corrected chi connectivity index (χ0v) is 12.4. The summed E-state index contributed by atoms with van der Waals surface area (Å²) in [6.07, 6.45) is 0. The van der Waals surface area contributed by atoms with E-state index in [1.165, 1.54) is 0 Å². The van der Waals surface area contributed by atoms with Crippen molar-refractivity contribution in [3.05, 3.63) is 23.9 Å². The van der Waals surface area contributed by atoms with Crippen molar-refractivity contribution in [3.63, 3.8) is 0 Å². The van der Waals surface area contributed by atoms with Gasteiger partial charge in [-0.05, 0) is 29.9 Å². The minimum absolute atomic E-state index is 0.336. The van der Waals surface area contributed by atoms with Gasteiger partial charge in [0.05, 0.1) is 5.69 Å². The third kappa shape index (κ3) is 4.26. The Hall–Kier alpha value is -1.16. The van der Waals surface area contributed by atoms with Gasteiger partial charge in [-0.15, -0.1) is 0 Å². The number of nitrogens with zero attached hydrogens (tertiary/aromatic N) is 1. The first-order chi connectivity index (χ1) is 8.41.